The molecule has 8 nitrogen and oxygen atoms in total. The van der Waals surface area contributed by atoms with Crippen molar-refractivity contribution in [2.45, 2.75) is 6.92 Å². The van der Waals surface area contributed by atoms with E-state index in [0.29, 0.717) is 28.3 Å². The van der Waals surface area contributed by atoms with Gasteiger partial charge < -0.3 is 14.8 Å². The number of benzene rings is 2. The Balaban J connectivity index is 1.65. The normalized spacial score (nSPS) is 11.8. The first-order valence-electron chi connectivity index (χ1n) is 8.66. The van der Waals surface area contributed by atoms with Gasteiger partial charge in [-0.2, -0.15) is 4.98 Å². The molecule has 0 unspecified atom stereocenters. The maximum absolute atomic E-state index is 10.2. The molecule has 0 fully saturated rings. The van der Waals surface area contributed by atoms with Crippen molar-refractivity contribution in [1.82, 2.24) is 9.97 Å². The zero-order valence-electron chi connectivity index (χ0n) is 15.2. The summed E-state index contributed by atoms with van der Waals surface area (Å²) < 4.78 is 6.41. The second-order valence-electron chi connectivity index (χ2n) is 5.79. The van der Waals surface area contributed by atoms with Crippen LogP contribution in [-0.4, -0.2) is 21.7 Å². The van der Waals surface area contributed by atoms with Crippen molar-refractivity contribution >= 4 is 59.7 Å². The Morgan fingerprint density at radius 2 is 1.93 bits per heavy atom. The van der Waals surface area contributed by atoms with E-state index >= 15 is 0 Å². The topological polar surface area (TPSA) is 108 Å². The molecule has 0 radical (unpaired) electrons. The SMILES string of the molecule is CCOc1nc(N=Nc2c(O)[nH]c3ccc(Br)cc23)sc1N=Nc1ccccc1. The molecule has 4 rings (SSSR count). The van der Waals surface area contributed by atoms with Crippen LogP contribution in [0.5, 0.6) is 11.8 Å². The minimum Gasteiger partial charge on any atom is -0.493 e. The lowest BCUT2D eigenvalue weighted by Gasteiger charge is -1.97. The molecule has 2 aromatic heterocycles. The van der Waals surface area contributed by atoms with Gasteiger partial charge in [0.1, 0.15) is 0 Å². The van der Waals surface area contributed by atoms with Crippen molar-refractivity contribution < 1.29 is 9.84 Å². The van der Waals surface area contributed by atoms with Gasteiger partial charge in [-0.25, -0.2) is 0 Å². The van der Waals surface area contributed by atoms with Crippen molar-refractivity contribution in [3.05, 3.63) is 53.0 Å². The van der Waals surface area contributed by atoms with Crippen LogP contribution in [0, 0.1) is 0 Å². The van der Waals surface area contributed by atoms with Crippen LogP contribution in [0.3, 0.4) is 0 Å². The summed E-state index contributed by atoms with van der Waals surface area (Å²) in [5.74, 6) is 0.282. The molecule has 146 valence electrons. The molecule has 2 N–H and O–H groups in total. The summed E-state index contributed by atoms with van der Waals surface area (Å²) in [6.45, 7) is 2.30. The number of fused-ring (bicyclic) bond motifs is 1. The highest BCUT2D eigenvalue weighted by atomic mass is 79.9. The summed E-state index contributed by atoms with van der Waals surface area (Å²) in [6.07, 6.45) is 0. The predicted octanol–water partition coefficient (Wildman–Crippen LogP) is 7.32. The van der Waals surface area contributed by atoms with Crippen molar-refractivity contribution in [2.24, 2.45) is 20.5 Å². The molecule has 2 aromatic carbocycles. The Morgan fingerprint density at radius 1 is 1.10 bits per heavy atom. The second-order valence-corrected chi connectivity index (χ2v) is 7.66. The zero-order valence-corrected chi connectivity index (χ0v) is 17.6. The van der Waals surface area contributed by atoms with Crippen molar-refractivity contribution in [2.75, 3.05) is 6.61 Å². The van der Waals surface area contributed by atoms with E-state index in [1.807, 2.05) is 55.5 Å². The van der Waals surface area contributed by atoms with Crippen LogP contribution in [0.15, 0.2) is 73.5 Å². The third-order valence-electron chi connectivity index (χ3n) is 3.81. The molecule has 29 heavy (non-hydrogen) atoms. The molecule has 0 aliphatic rings. The van der Waals surface area contributed by atoms with Gasteiger partial charge in [0.2, 0.25) is 16.0 Å². The van der Waals surface area contributed by atoms with Gasteiger partial charge in [0.25, 0.3) is 5.88 Å². The van der Waals surface area contributed by atoms with Gasteiger partial charge in [-0.3, -0.25) is 0 Å². The number of H-pyrrole nitrogens is 1. The van der Waals surface area contributed by atoms with Crippen LogP contribution in [0.4, 0.5) is 21.5 Å². The smallest absolute Gasteiger partial charge is 0.255 e. The number of nitrogens with zero attached hydrogens (tertiary/aromatic N) is 5. The fraction of sp³-hybridized carbons (Fsp3) is 0.105. The summed E-state index contributed by atoms with van der Waals surface area (Å²) in [6, 6.07) is 15.0. The van der Waals surface area contributed by atoms with E-state index in [-0.39, 0.29) is 5.88 Å². The van der Waals surface area contributed by atoms with E-state index in [1.54, 1.807) is 0 Å². The first-order valence-corrected chi connectivity index (χ1v) is 10.3. The Kier molecular flexibility index (Phi) is 5.63. The van der Waals surface area contributed by atoms with Crippen LogP contribution < -0.4 is 4.74 Å². The van der Waals surface area contributed by atoms with Gasteiger partial charge in [0.05, 0.1) is 17.8 Å². The standard InChI is InChI=1S/C19H15BrN6O2S/c1-2-28-17-18(25-23-12-6-4-3-5-7-12)29-19(22-17)26-24-15-13-10-11(20)8-9-14(13)21-16(15)27/h3-10,21,27H,2H2,1H3. The van der Waals surface area contributed by atoms with E-state index in [2.05, 4.69) is 46.4 Å². The molecular weight excluding hydrogens is 456 g/mol. The van der Waals surface area contributed by atoms with Crippen LogP contribution >= 0.6 is 27.3 Å². The van der Waals surface area contributed by atoms with Gasteiger partial charge in [0, 0.05) is 9.86 Å². The minimum absolute atomic E-state index is 0.0626. The Bertz CT molecular complexity index is 1200. The lowest BCUT2D eigenvalue weighted by atomic mass is 10.2. The maximum atomic E-state index is 10.2. The van der Waals surface area contributed by atoms with Crippen LogP contribution in [0.2, 0.25) is 0 Å². The Morgan fingerprint density at radius 3 is 2.72 bits per heavy atom. The van der Waals surface area contributed by atoms with Crippen LogP contribution in [-0.2, 0) is 0 Å². The zero-order chi connectivity index (χ0) is 20.2. The second kappa shape index (κ2) is 8.50. The molecule has 2 heterocycles. The van der Waals surface area contributed by atoms with Gasteiger partial charge in [0.15, 0.2) is 5.69 Å². The van der Waals surface area contributed by atoms with E-state index < -0.39 is 0 Å². The summed E-state index contributed by atoms with van der Waals surface area (Å²) in [5, 5.41) is 28.5. The van der Waals surface area contributed by atoms with Gasteiger partial charge in [-0.15, -0.1) is 20.5 Å². The third-order valence-corrected chi connectivity index (χ3v) is 5.11. The quantitative estimate of drug-likeness (QED) is 0.288. The molecular formula is C19H15BrN6O2S. The summed E-state index contributed by atoms with van der Waals surface area (Å²) in [7, 11) is 0. The fourth-order valence-corrected chi connectivity index (χ4v) is 3.57. The number of aromatic nitrogens is 2. The molecule has 0 aliphatic carbocycles. The first kappa shape index (κ1) is 19.2. The fourth-order valence-electron chi connectivity index (χ4n) is 2.55. The lowest BCUT2D eigenvalue weighted by molar-refractivity contribution is 0.330. The molecule has 0 amide bonds. The average molecular weight is 471 g/mol. The highest BCUT2D eigenvalue weighted by Gasteiger charge is 2.14. The largest absolute Gasteiger partial charge is 0.493 e. The number of thiazole rings is 1. The number of rotatable bonds is 6. The third kappa shape index (κ3) is 4.33. The number of azo groups is 2. The number of nitrogens with one attached hydrogen (secondary N) is 1. The highest BCUT2D eigenvalue weighted by Crippen LogP contribution is 2.42. The number of hydrogen-bond donors (Lipinski definition) is 2. The van der Waals surface area contributed by atoms with Crippen molar-refractivity contribution in [3.63, 3.8) is 0 Å². The van der Waals surface area contributed by atoms with Crippen LogP contribution in [0.25, 0.3) is 10.9 Å². The average Bonchev–Trinajstić information content (AvgIpc) is 3.25. The van der Waals surface area contributed by atoms with E-state index in [0.717, 1.165) is 21.1 Å². The van der Waals surface area contributed by atoms with Crippen molar-refractivity contribution in [3.8, 4) is 11.8 Å². The van der Waals surface area contributed by atoms with E-state index in [9.17, 15) is 5.11 Å². The molecule has 4 aromatic rings. The molecule has 0 atom stereocenters. The van der Waals surface area contributed by atoms with Gasteiger partial charge in [-0.1, -0.05) is 45.5 Å². The number of ether oxygens (including phenoxy) is 1. The molecule has 0 saturated carbocycles. The molecule has 10 heteroatoms. The molecule has 0 bridgehead atoms. The summed E-state index contributed by atoms with van der Waals surface area (Å²) in [5.41, 5.74) is 1.81. The monoisotopic (exact) mass is 470 g/mol. The molecule has 0 spiro atoms. The Hall–Kier alpha value is -3.11. The first-order chi connectivity index (χ1) is 14.1. The predicted molar refractivity (Wildman–Crippen MR) is 116 cm³/mol. The summed E-state index contributed by atoms with van der Waals surface area (Å²) in [4.78, 5) is 7.19. The summed E-state index contributed by atoms with van der Waals surface area (Å²) >= 11 is 4.62. The van der Waals surface area contributed by atoms with Crippen LogP contribution in [0.1, 0.15) is 6.92 Å². The van der Waals surface area contributed by atoms with Crippen molar-refractivity contribution in [1.29, 1.82) is 0 Å². The minimum atomic E-state index is -0.0626. The number of aromatic hydroxyl groups is 1. The molecule has 0 saturated heterocycles. The van der Waals surface area contributed by atoms with E-state index in [1.165, 1.54) is 11.3 Å². The number of aromatic amines is 1. The molecule has 0 aliphatic heterocycles. The number of halogens is 1. The Labute approximate surface area is 178 Å². The van der Waals surface area contributed by atoms with Gasteiger partial charge >= 0.3 is 0 Å². The lowest BCUT2D eigenvalue weighted by Crippen LogP contribution is -1.90. The van der Waals surface area contributed by atoms with E-state index in [4.69, 9.17) is 4.74 Å². The highest BCUT2D eigenvalue weighted by molar-refractivity contribution is 9.10. The maximum Gasteiger partial charge on any atom is 0.255 e. The number of hydrogen-bond acceptors (Lipinski definition) is 8. The van der Waals surface area contributed by atoms with Gasteiger partial charge in [-0.05, 0) is 37.3 Å².